The van der Waals surface area contributed by atoms with E-state index in [0.717, 1.165) is 0 Å². The molecule has 62 heavy (non-hydrogen) atoms. The number of nitrogens with two attached hydrogens (primary N) is 1. The fraction of sp³-hybridized carbons (Fsp3) is 0.500. The molecule has 3 aromatic rings. The Morgan fingerprint density at radius 3 is 1.82 bits per heavy atom. The molecule has 1 aliphatic heterocycles. The number of nitrogens with one attached hydrogen (secondary N) is 4. The molecule has 0 radical (unpaired) electrons. The summed E-state index contributed by atoms with van der Waals surface area (Å²) in [7, 11) is 0. The predicted octanol–water partition coefficient (Wildman–Crippen LogP) is -6.19. The van der Waals surface area contributed by atoms with Crippen LogP contribution >= 0.6 is 0 Å². The predicted molar refractivity (Wildman–Crippen MR) is 212 cm³/mol. The number of carbonyl (C=O) groups is 7. The highest BCUT2D eigenvalue weighted by Crippen LogP contribution is 2.13. The molecule has 1 saturated heterocycles. The summed E-state index contributed by atoms with van der Waals surface area (Å²) in [6, 6.07) is 4.75. The molecule has 336 valence electrons. The van der Waals surface area contributed by atoms with E-state index >= 15 is 0 Å². The first kappa shape index (κ1) is 48.0. The highest BCUT2D eigenvalue weighted by Gasteiger charge is 2.23. The number of Topliss-reactive ketones (excluding diaryl/α,β-unsaturated/α-hetero) is 1. The summed E-state index contributed by atoms with van der Waals surface area (Å²) in [5, 5.41) is 51.9. The number of carboxylic acids is 4. The van der Waals surface area contributed by atoms with E-state index in [9.17, 15) is 58.8 Å². The zero-order chi connectivity index (χ0) is 45.2. The van der Waals surface area contributed by atoms with Crippen molar-refractivity contribution in [3.05, 3.63) is 52.1 Å². The topological polar surface area (TPSA) is 356 Å². The first-order chi connectivity index (χ1) is 29.5. The summed E-state index contributed by atoms with van der Waals surface area (Å²) in [4.78, 5) is 118. The molecule has 3 heterocycles. The maximum Gasteiger partial charge on any atom is 0.326 e. The zero-order valence-electron chi connectivity index (χ0n) is 33.8. The number of amides is 2. The lowest BCUT2D eigenvalue weighted by molar-refractivity contribution is -0.308. The van der Waals surface area contributed by atoms with Crippen molar-refractivity contribution in [1.29, 1.82) is 0 Å². The van der Waals surface area contributed by atoms with Crippen LogP contribution in [-0.2, 0) is 35.3 Å². The minimum Gasteiger partial charge on any atom is -0.549 e. The van der Waals surface area contributed by atoms with Crippen LogP contribution in [0, 0.1) is 0 Å². The third-order valence-electron chi connectivity index (χ3n) is 9.71. The van der Waals surface area contributed by atoms with Crippen LogP contribution in [0.2, 0.25) is 0 Å². The maximum atomic E-state index is 13.0. The lowest BCUT2D eigenvalue weighted by Gasteiger charge is -2.34. The molecule has 0 bridgehead atoms. The fourth-order valence-corrected chi connectivity index (χ4v) is 6.45. The highest BCUT2D eigenvalue weighted by molar-refractivity contribution is 5.97. The van der Waals surface area contributed by atoms with Crippen molar-refractivity contribution >= 4 is 64.3 Å². The number of aromatic amines is 1. The van der Waals surface area contributed by atoms with Gasteiger partial charge in [0.05, 0.1) is 42.9 Å². The molecule has 24 heteroatoms. The molecule has 1 aliphatic rings. The van der Waals surface area contributed by atoms with Gasteiger partial charge in [0.2, 0.25) is 11.9 Å². The molecule has 4 rings (SSSR count). The molecule has 1 aromatic carbocycles. The number of nitrogens with zero attached hydrogens (tertiary/aromatic N) is 7. The van der Waals surface area contributed by atoms with Crippen molar-refractivity contribution in [1.82, 2.24) is 50.2 Å². The summed E-state index contributed by atoms with van der Waals surface area (Å²) in [6.45, 7) is 0.523. The molecule has 0 aliphatic carbocycles. The summed E-state index contributed by atoms with van der Waals surface area (Å²) >= 11 is 0. The van der Waals surface area contributed by atoms with E-state index in [0.29, 0.717) is 11.4 Å². The number of hydrogen-bond donors (Lipinski definition) is 6. The number of carboxylic acid groups (broad SMARTS) is 4. The van der Waals surface area contributed by atoms with Gasteiger partial charge in [-0.15, -0.1) is 0 Å². The molecule has 2 aromatic heterocycles. The zero-order valence-corrected chi connectivity index (χ0v) is 33.8. The number of fused-ring (bicyclic) bond motifs is 1. The van der Waals surface area contributed by atoms with Gasteiger partial charge in [-0.2, -0.15) is 4.98 Å². The number of rotatable bonds is 21. The smallest absolute Gasteiger partial charge is 0.326 e. The van der Waals surface area contributed by atoms with Gasteiger partial charge in [0.25, 0.3) is 11.5 Å². The van der Waals surface area contributed by atoms with Crippen molar-refractivity contribution in [2.24, 2.45) is 0 Å². The van der Waals surface area contributed by atoms with Gasteiger partial charge >= 0.3 is 5.97 Å². The van der Waals surface area contributed by atoms with Crippen LogP contribution in [0.25, 0.3) is 11.2 Å². The van der Waals surface area contributed by atoms with Gasteiger partial charge in [0.1, 0.15) is 11.8 Å². The van der Waals surface area contributed by atoms with Gasteiger partial charge in [-0.1, -0.05) is 0 Å². The second kappa shape index (κ2) is 24.0. The van der Waals surface area contributed by atoms with E-state index in [1.807, 2.05) is 0 Å². The van der Waals surface area contributed by atoms with E-state index in [1.165, 1.54) is 23.2 Å². The number of benzene rings is 1. The number of aromatic nitrogens is 4. The molecule has 1 fully saturated rings. The summed E-state index contributed by atoms with van der Waals surface area (Å²) in [5.74, 6) is -6.77. The number of ketones is 1. The van der Waals surface area contributed by atoms with Crippen LogP contribution in [0.3, 0.4) is 0 Å². The van der Waals surface area contributed by atoms with E-state index < -0.39 is 66.9 Å². The minimum absolute atomic E-state index is 0.0227. The van der Waals surface area contributed by atoms with Gasteiger partial charge < -0.3 is 56.5 Å². The van der Waals surface area contributed by atoms with Crippen LogP contribution in [0.15, 0.2) is 35.3 Å². The van der Waals surface area contributed by atoms with Crippen molar-refractivity contribution in [3.63, 3.8) is 0 Å². The number of hydrogen-bond acceptors (Lipinski definition) is 20. The number of H-pyrrole nitrogens is 1. The molecule has 1 atom stereocenters. The van der Waals surface area contributed by atoms with E-state index in [-0.39, 0.29) is 126 Å². The average molecular weight is 866 g/mol. The SMILES string of the molecule is Nc1nc2ncc(CNc3ccc(C(=O)N[C@@H](CCC(=O)NCCCC(=O)CN4CCN(CC(=O)[O-])CCN(CC(=O)[O-])CCN(CC(=O)[O-])CC4)C(=O)O)cc3)nc2c(=O)[nH]1. The Morgan fingerprint density at radius 2 is 1.31 bits per heavy atom. The van der Waals surface area contributed by atoms with Crippen LogP contribution in [0.5, 0.6) is 0 Å². The van der Waals surface area contributed by atoms with E-state index in [4.69, 9.17) is 5.73 Å². The Morgan fingerprint density at radius 1 is 0.774 bits per heavy atom. The monoisotopic (exact) mass is 865 g/mol. The number of aliphatic carboxylic acids is 4. The summed E-state index contributed by atoms with van der Waals surface area (Å²) < 4.78 is 0. The Hall–Kier alpha value is -6.63. The van der Waals surface area contributed by atoms with Crippen LogP contribution in [-0.4, -0.2) is 177 Å². The standard InChI is InChI=1S/C38H52N12O12/c39-38-45-34-33(36(60)46-38)43-26(19-42-34)18-41-25-5-3-24(4-6-25)35(59)44-28(37(61)62)7-8-29(52)40-9-1-2-27(51)20-47-10-12-48(21-30(53)54)14-16-50(23-32(57)58)17-15-49(13-11-47)22-31(55)56/h3-6,19,28,41H,1-2,7-18,20-23H2,(H,40,52)(H,44,59)(H,53,54)(H,55,56)(H,57,58)(H,61,62)(H3,39,42,45,46,60)/p-3/t28-/m0/s1. The fourth-order valence-electron chi connectivity index (χ4n) is 6.45. The second-order valence-electron chi connectivity index (χ2n) is 14.5. The molecule has 0 unspecified atom stereocenters. The summed E-state index contributed by atoms with van der Waals surface area (Å²) in [6.07, 6.45) is 1.31. The van der Waals surface area contributed by atoms with Crippen molar-refractivity contribution in [2.75, 3.05) is 96.1 Å². The molecule has 24 nitrogen and oxygen atoms in total. The molecule has 0 saturated carbocycles. The maximum absolute atomic E-state index is 13.0. The van der Waals surface area contributed by atoms with Gasteiger partial charge in [-0.25, -0.2) is 14.8 Å². The Balaban J connectivity index is 1.20. The lowest BCUT2D eigenvalue weighted by Crippen LogP contribution is -2.51. The molecular weight excluding hydrogens is 816 g/mol. The lowest BCUT2D eigenvalue weighted by atomic mass is 10.1. The third-order valence-corrected chi connectivity index (χ3v) is 9.71. The third kappa shape index (κ3) is 16.8. The highest BCUT2D eigenvalue weighted by atomic mass is 16.4. The molecular formula is C38H49N12O12-3. The number of carbonyl (C=O) groups excluding carboxylic acids is 6. The van der Waals surface area contributed by atoms with Crippen molar-refractivity contribution in [2.45, 2.75) is 38.3 Å². The first-order valence-corrected chi connectivity index (χ1v) is 19.7. The van der Waals surface area contributed by atoms with E-state index in [2.05, 4.69) is 35.9 Å². The average Bonchev–Trinajstić information content (AvgIpc) is 3.20. The quantitative estimate of drug-likeness (QED) is 0.0543. The van der Waals surface area contributed by atoms with Gasteiger partial charge in [-0.05, 0) is 37.1 Å². The Bertz CT molecular complexity index is 2090. The van der Waals surface area contributed by atoms with Gasteiger partial charge in [0.15, 0.2) is 11.2 Å². The number of anilines is 2. The van der Waals surface area contributed by atoms with Crippen LogP contribution in [0.4, 0.5) is 11.6 Å². The number of nitrogen functional groups attached to an aromatic ring is 1. The Labute approximate surface area is 354 Å². The largest absolute Gasteiger partial charge is 0.549 e. The normalized spacial score (nSPS) is 15.4. The second-order valence-corrected chi connectivity index (χ2v) is 14.5. The molecule has 0 spiro atoms. The van der Waals surface area contributed by atoms with Crippen molar-refractivity contribution in [3.8, 4) is 0 Å². The van der Waals surface area contributed by atoms with Crippen LogP contribution in [0.1, 0.15) is 41.7 Å². The van der Waals surface area contributed by atoms with Crippen molar-refractivity contribution < 1.29 is 54.0 Å². The van der Waals surface area contributed by atoms with Gasteiger partial charge in [0, 0.05) is 103 Å². The Kier molecular flexibility index (Phi) is 18.6. The minimum atomic E-state index is -1.38. The first-order valence-electron chi connectivity index (χ1n) is 19.7. The molecule has 2 amide bonds. The van der Waals surface area contributed by atoms with Crippen LogP contribution < -0.4 is 42.6 Å². The van der Waals surface area contributed by atoms with Gasteiger partial charge in [-0.3, -0.25) is 43.8 Å². The van der Waals surface area contributed by atoms with E-state index in [1.54, 1.807) is 26.8 Å². The summed E-state index contributed by atoms with van der Waals surface area (Å²) in [5.41, 5.74) is 6.31. The molecule has 7 N–H and O–H groups in total.